The fraction of sp³-hybridized carbons (Fsp3) is 0.467. The van der Waals surface area contributed by atoms with Gasteiger partial charge in [-0.1, -0.05) is 97.1 Å². The molecule has 84 heavy (non-hydrogen) atoms. The van der Waals surface area contributed by atoms with Gasteiger partial charge in [-0.2, -0.15) is 0 Å². The van der Waals surface area contributed by atoms with Gasteiger partial charge in [0.25, 0.3) is 0 Å². The molecule has 24 nitrogen and oxygen atoms in total. The van der Waals surface area contributed by atoms with Crippen molar-refractivity contribution in [2.75, 3.05) is 39.4 Å². The highest BCUT2D eigenvalue weighted by Gasteiger charge is 2.44. The molecular weight excluding hydrogens is 1090 g/mol. The molecule has 452 valence electrons. The molecule has 4 heterocycles. The van der Waals surface area contributed by atoms with E-state index in [1.54, 1.807) is 41.5 Å². The van der Waals surface area contributed by atoms with Crippen LogP contribution in [-0.2, 0) is 38.1 Å². The van der Waals surface area contributed by atoms with Gasteiger partial charge < -0.3 is 72.1 Å². The zero-order chi connectivity index (χ0) is 61.2. The van der Waals surface area contributed by atoms with Gasteiger partial charge in [0.05, 0.1) is 12.1 Å². The maximum absolute atomic E-state index is 12.9. The Labute approximate surface area is 486 Å². The molecule has 4 aromatic carbocycles. The zero-order valence-corrected chi connectivity index (χ0v) is 47.8. The molecular formula is C60H76N8O16. The summed E-state index contributed by atoms with van der Waals surface area (Å²) in [5.74, 6) is -4.13. The van der Waals surface area contributed by atoms with Crippen LogP contribution in [0.4, 0.5) is 19.2 Å². The summed E-state index contributed by atoms with van der Waals surface area (Å²) in [6, 6.07) is 27.9. The molecule has 24 heteroatoms. The van der Waals surface area contributed by atoms with Crippen LogP contribution in [-0.4, -0.2) is 177 Å². The Kier molecular flexibility index (Phi) is 20.6. The molecule has 4 aromatic rings. The third-order valence-electron chi connectivity index (χ3n) is 14.7. The number of amides is 4. The first-order valence-electron chi connectivity index (χ1n) is 27.8. The van der Waals surface area contributed by atoms with Gasteiger partial charge in [0.2, 0.25) is 0 Å². The minimum Gasteiger partial charge on any atom is -0.480 e. The molecule has 6 aliphatic rings. The van der Waals surface area contributed by atoms with Crippen LogP contribution in [0.5, 0.6) is 0 Å². The number of ether oxygens (including phenoxy) is 4. The van der Waals surface area contributed by atoms with Gasteiger partial charge in [0.1, 0.15) is 48.6 Å². The molecule has 0 bridgehead atoms. The molecule has 2 aliphatic carbocycles. The van der Waals surface area contributed by atoms with Crippen molar-refractivity contribution in [1.82, 2.24) is 31.1 Å². The summed E-state index contributed by atoms with van der Waals surface area (Å²) in [5.41, 5.74) is 18.3. The predicted octanol–water partition coefficient (Wildman–Crippen LogP) is 5.50. The van der Waals surface area contributed by atoms with Crippen molar-refractivity contribution >= 4 is 48.3 Å². The predicted molar refractivity (Wildman–Crippen MR) is 306 cm³/mol. The second-order valence-electron chi connectivity index (χ2n) is 23.4. The summed E-state index contributed by atoms with van der Waals surface area (Å²) < 4.78 is 21.7. The minimum absolute atomic E-state index is 0.0195. The Hall–Kier alpha value is -8.32. The van der Waals surface area contributed by atoms with E-state index in [0.717, 1.165) is 54.3 Å². The number of benzene rings is 4. The number of hydrogen-bond donors (Lipinski definition) is 10. The number of hydrogen-bond acceptors (Lipinski definition) is 16. The van der Waals surface area contributed by atoms with Gasteiger partial charge in [-0.3, -0.25) is 19.4 Å². The minimum atomic E-state index is -1.14. The summed E-state index contributed by atoms with van der Waals surface area (Å²) in [6.07, 6.45) is -1.45. The number of fused-ring (bicyclic) bond motifs is 6. The van der Waals surface area contributed by atoms with Gasteiger partial charge in [-0.15, -0.1) is 0 Å². The van der Waals surface area contributed by atoms with E-state index in [2.05, 4.69) is 21.3 Å². The highest BCUT2D eigenvalue weighted by molar-refractivity contribution is 5.84. The lowest BCUT2D eigenvalue weighted by Crippen LogP contribution is -2.43. The smallest absolute Gasteiger partial charge is 0.410 e. The Balaban J connectivity index is 0.000000186. The fourth-order valence-corrected chi connectivity index (χ4v) is 11.0. The van der Waals surface area contributed by atoms with Crippen molar-refractivity contribution in [2.24, 2.45) is 11.5 Å². The number of alkyl carbamates (subject to hydrolysis) is 2. The highest BCUT2D eigenvalue weighted by atomic mass is 16.6. The van der Waals surface area contributed by atoms with E-state index >= 15 is 0 Å². The second kappa shape index (κ2) is 27.4. The van der Waals surface area contributed by atoms with Crippen LogP contribution in [0.2, 0.25) is 0 Å². The van der Waals surface area contributed by atoms with Crippen LogP contribution in [0.25, 0.3) is 22.3 Å². The van der Waals surface area contributed by atoms with E-state index in [-0.39, 0.29) is 63.1 Å². The maximum atomic E-state index is 12.9. The van der Waals surface area contributed by atoms with Crippen molar-refractivity contribution < 1.29 is 77.7 Å². The largest absolute Gasteiger partial charge is 0.480 e. The van der Waals surface area contributed by atoms with Crippen molar-refractivity contribution in [2.45, 2.75) is 139 Å². The van der Waals surface area contributed by atoms with Crippen molar-refractivity contribution in [3.8, 4) is 22.3 Å². The van der Waals surface area contributed by atoms with Gasteiger partial charge in [0, 0.05) is 62.9 Å². The monoisotopic (exact) mass is 1160 g/mol. The Morgan fingerprint density at radius 2 is 0.786 bits per heavy atom. The molecule has 10 rings (SSSR count). The van der Waals surface area contributed by atoms with E-state index in [4.69, 9.17) is 40.6 Å². The number of nitrogens with two attached hydrogens (primary N) is 2. The standard InChI is InChI=1S/2C25H28N2O6.2C5H10N2O2/c2*1-25(2,3)33-23(30)26-15-12-21(22(28)29)27(13-15)24(31)32-14-20-18-10-6-4-8-16(18)17-9-5-7-11-19(17)20;2*6-3-1-4(5(8)9)7-2-3/h2*4-11,15,20-21H,12-14H2,1-3H3,(H,26,30)(H,28,29);2*3-4,7H,1-2,6H2,(H,8,9)/t15-,21+;15-,21-;3-,4+;3-,4-/m0000/s1. The summed E-state index contributed by atoms with van der Waals surface area (Å²) >= 11 is 0. The quantitative estimate of drug-likeness (QED) is 0.0877. The number of nitrogens with zero attached hydrogens (tertiary/aromatic N) is 2. The summed E-state index contributed by atoms with van der Waals surface area (Å²) in [7, 11) is 0. The van der Waals surface area contributed by atoms with Crippen LogP contribution in [0, 0.1) is 0 Å². The van der Waals surface area contributed by atoms with Crippen LogP contribution in [0.3, 0.4) is 0 Å². The maximum Gasteiger partial charge on any atom is 0.410 e. The van der Waals surface area contributed by atoms with E-state index in [9.17, 15) is 48.6 Å². The van der Waals surface area contributed by atoms with Gasteiger partial charge in [-0.05, 0) is 98.9 Å². The summed E-state index contributed by atoms with van der Waals surface area (Å²) in [4.78, 5) is 96.3. The lowest BCUT2D eigenvalue weighted by atomic mass is 9.98. The first-order valence-corrected chi connectivity index (χ1v) is 27.8. The topological polar surface area (TPSA) is 361 Å². The molecule has 4 amide bonds. The number of likely N-dealkylation sites (tertiary alicyclic amines) is 2. The SMILES string of the molecule is CC(C)(C)OC(=O)N[C@H]1C[C@@H](C(=O)O)N(C(=O)OCC2c3ccccc3-c3ccccc32)C1.CC(C)(C)OC(=O)N[C@H]1C[C@H](C(=O)O)N(C(=O)OCC2c3ccccc3-c3ccccc32)C1.N[C@@H]1CN[C@@H](C(=O)O)C1.N[C@@H]1CN[C@H](C(=O)O)C1. The zero-order valence-electron chi connectivity index (χ0n) is 47.8. The first-order chi connectivity index (χ1) is 39.7. The van der Waals surface area contributed by atoms with Gasteiger partial charge >= 0.3 is 48.3 Å². The average Bonchev–Trinajstić information content (AvgIpc) is 3.32. The van der Waals surface area contributed by atoms with Gasteiger partial charge in [0.15, 0.2) is 0 Å². The van der Waals surface area contributed by atoms with Crippen LogP contribution in [0.1, 0.15) is 101 Å². The molecule has 0 radical (unpaired) electrons. The molecule has 0 spiro atoms. The fourth-order valence-electron chi connectivity index (χ4n) is 11.0. The summed E-state index contributed by atoms with van der Waals surface area (Å²) in [5, 5.41) is 46.9. The number of carboxylic acids is 4. The number of carbonyl (C=O) groups excluding carboxylic acids is 4. The van der Waals surface area contributed by atoms with E-state index in [1.807, 2.05) is 97.1 Å². The molecule has 0 saturated carbocycles. The van der Waals surface area contributed by atoms with E-state index in [1.165, 1.54) is 0 Å². The van der Waals surface area contributed by atoms with E-state index < -0.39 is 95.7 Å². The summed E-state index contributed by atoms with van der Waals surface area (Å²) in [6.45, 7) is 11.9. The number of rotatable bonds is 10. The molecule has 12 N–H and O–H groups in total. The third kappa shape index (κ3) is 16.5. The van der Waals surface area contributed by atoms with Crippen molar-refractivity contribution in [3.05, 3.63) is 119 Å². The first kappa shape index (κ1) is 63.3. The molecule has 0 unspecified atom stereocenters. The highest BCUT2D eigenvalue weighted by Crippen LogP contribution is 2.46. The lowest BCUT2D eigenvalue weighted by Gasteiger charge is -2.23. The number of aliphatic carboxylic acids is 4. The van der Waals surface area contributed by atoms with Crippen LogP contribution >= 0.6 is 0 Å². The molecule has 8 atom stereocenters. The normalized spacial score (nSPS) is 22.8. The van der Waals surface area contributed by atoms with E-state index in [0.29, 0.717) is 25.9 Å². The Morgan fingerprint density at radius 1 is 0.488 bits per heavy atom. The van der Waals surface area contributed by atoms with Crippen molar-refractivity contribution in [3.63, 3.8) is 0 Å². The Bertz CT molecular complexity index is 2760. The number of carboxylic acid groups (broad SMARTS) is 4. The Morgan fingerprint density at radius 3 is 1.02 bits per heavy atom. The lowest BCUT2D eigenvalue weighted by molar-refractivity contribution is -0.142. The van der Waals surface area contributed by atoms with Crippen LogP contribution in [0.15, 0.2) is 97.1 Å². The molecule has 4 aliphatic heterocycles. The second-order valence-corrected chi connectivity index (χ2v) is 23.4. The van der Waals surface area contributed by atoms with Gasteiger partial charge in [-0.25, -0.2) is 28.8 Å². The third-order valence-corrected chi connectivity index (χ3v) is 14.7. The molecule has 4 fully saturated rings. The van der Waals surface area contributed by atoms with Crippen LogP contribution < -0.4 is 32.7 Å². The van der Waals surface area contributed by atoms with Crippen molar-refractivity contribution in [1.29, 1.82) is 0 Å². The number of carbonyl (C=O) groups is 8. The average molecular weight is 1170 g/mol. The molecule has 0 aromatic heterocycles. The molecule has 4 saturated heterocycles. The number of nitrogens with one attached hydrogen (secondary N) is 4.